The molecule has 0 aliphatic rings. The molecule has 0 unspecified atom stereocenters. The maximum atomic E-state index is 12.3. The van der Waals surface area contributed by atoms with Gasteiger partial charge in [-0.1, -0.05) is 19.9 Å². The van der Waals surface area contributed by atoms with Crippen LogP contribution in [0.5, 0.6) is 0 Å². The van der Waals surface area contributed by atoms with E-state index in [-0.39, 0.29) is 24.2 Å². The highest BCUT2D eigenvalue weighted by molar-refractivity contribution is 6.00. The average Bonchev–Trinajstić information content (AvgIpc) is 2.65. The lowest BCUT2D eigenvalue weighted by atomic mass is 10.1. The first kappa shape index (κ1) is 21.2. The molecule has 2 rings (SSSR count). The van der Waals surface area contributed by atoms with Crippen molar-refractivity contribution in [3.8, 4) is 0 Å². The predicted octanol–water partition coefficient (Wildman–Crippen LogP) is 3.78. The molecule has 2 aromatic carbocycles. The molecule has 0 saturated carbocycles. The first-order chi connectivity index (χ1) is 13.3. The fourth-order valence-electron chi connectivity index (χ4n) is 2.53. The van der Waals surface area contributed by atoms with Gasteiger partial charge in [-0.15, -0.1) is 0 Å². The van der Waals surface area contributed by atoms with Crippen molar-refractivity contribution < 1.29 is 19.1 Å². The molecule has 0 radical (unpaired) electrons. The van der Waals surface area contributed by atoms with E-state index in [1.165, 1.54) is 0 Å². The monoisotopic (exact) mass is 382 g/mol. The lowest BCUT2D eigenvalue weighted by molar-refractivity contribution is -0.116. The van der Waals surface area contributed by atoms with E-state index in [1.807, 2.05) is 38.9 Å². The molecule has 0 spiro atoms. The number of hydrogen-bond acceptors (Lipinski definition) is 5. The standard InChI is InChI=1S/C22H26N2O4/c1-15(2)12-21(26)23-18-10-8-16(9-11-18)20(25)14-28-22(27)17-6-5-7-19(13-17)24(3)4/h5-11,13,15H,12,14H2,1-4H3,(H,23,26). The maximum Gasteiger partial charge on any atom is 0.338 e. The number of ketones is 1. The van der Waals surface area contributed by atoms with E-state index in [0.717, 1.165) is 5.69 Å². The number of hydrogen-bond donors (Lipinski definition) is 1. The number of benzene rings is 2. The van der Waals surface area contributed by atoms with Crippen LogP contribution in [0.4, 0.5) is 11.4 Å². The van der Waals surface area contributed by atoms with E-state index in [1.54, 1.807) is 42.5 Å². The molecule has 0 heterocycles. The van der Waals surface area contributed by atoms with Crippen molar-refractivity contribution in [2.75, 3.05) is 30.9 Å². The van der Waals surface area contributed by atoms with Gasteiger partial charge in [-0.05, 0) is 48.4 Å². The van der Waals surface area contributed by atoms with Crippen molar-refractivity contribution in [2.45, 2.75) is 20.3 Å². The Morgan fingerprint density at radius 1 is 1.00 bits per heavy atom. The van der Waals surface area contributed by atoms with Gasteiger partial charge in [0.2, 0.25) is 5.91 Å². The first-order valence-corrected chi connectivity index (χ1v) is 9.14. The van der Waals surface area contributed by atoms with Gasteiger partial charge in [0, 0.05) is 37.5 Å². The molecule has 28 heavy (non-hydrogen) atoms. The second kappa shape index (κ2) is 9.69. The number of ether oxygens (including phenoxy) is 1. The summed E-state index contributed by atoms with van der Waals surface area (Å²) in [5.41, 5.74) is 2.30. The van der Waals surface area contributed by atoms with Crippen LogP contribution >= 0.6 is 0 Å². The Balaban J connectivity index is 1.91. The lowest BCUT2D eigenvalue weighted by Crippen LogP contribution is -2.16. The Morgan fingerprint density at radius 3 is 2.29 bits per heavy atom. The van der Waals surface area contributed by atoms with Crippen molar-refractivity contribution in [3.63, 3.8) is 0 Å². The molecule has 148 valence electrons. The van der Waals surface area contributed by atoms with Crippen molar-refractivity contribution in [3.05, 3.63) is 59.7 Å². The van der Waals surface area contributed by atoms with E-state index in [0.29, 0.717) is 23.2 Å². The van der Waals surface area contributed by atoms with Gasteiger partial charge >= 0.3 is 5.97 Å². The average molecular weight is 382 g/mol. The molecule has 1 amide bonds. The van der Waals surface area contributed by atoms with Gasteiger partial charge in [0.05, 0.1) is 5.56 Å². The molecule has 6 nitrogen and oxygen atoms in total. The topological polar surface area (TPSA) is 75.7 Å². The summed E-state index contributed by atoms with van der Waals surface area (Å²) >= 11 is 0. The van der Waals surface area contributed by atoms with Crippen molar-refractivity contribution in [2.24, 2.45) is 5.92 Å². The fourth-order valence-corrected chi connectivity index (χ4v) is 2.53. The van der Waals surface area contributed by atoms with Crippen LogP contribution in [0.15, 0.2) is 48.5 Å². The highest BCUT2D eigenvalue weighted by Gasteiger charge is 2.13. The number of rotatable bonds is 8. The van der Waals surface area contributed by atoms with Gasteiger partial charge in [0.15, 0.2) is 12.4 Å². The number of amides is 1. The summed E-state index contributed by atoms with van der Waals surface area (Å²) < 4.78 is 5.14. The summed E-state index contributed by atoms with van der Waals surface area (Å²) in [5.74, 6) is -0.649. The summed E-state index contributed by atoms with van der Waals surface area (Å²) in [6.45, 7) is 3.60. The van der Waals surface area contributed by atoms with Crippen molar-refractivity contribution in [1.82, 2.24) is 0 Å². The van der Waals surface area contributed by atoms with Crippen LogP contribution in [0.1, 0.15) is 41.0 Å². The molecule has 0 aliphatic heterocycles. The normalized spacial score (nSPS) is 10.5. The highest BCUT2D eigenvalue weighted by Crippen LogP contribution is 2.15. The molecule has 0 bridgehead atoms. The van der Waals surface area contributed by atoms with Gasteiger partial charge in [-0.3, -0.25) is 9.59 Å². The van der Waals surface area contributed by atoms with Crippen LogP contribution in [-0.2, 0) is 9.53 Å². The molecule has 0 atom stereocenters. The Morgan fingerprint density at radius 2 is 1.68 bits per heavy atom. The van der Waals surface area contributed by atoms with Crippen molar-refractivity contribution >= 4 is 29.0 Å². The van der Waals surface area contributed by atoms with Crippen LogP contribution < -0.4 is 10.2 Å². The minimum Gasteiger partial charge on any atom is -0.454 e. The summed E-state index contributed by atoms with van der Waals surface area (Å²) in [5, 5.41) is 2.79. The SMILES string of the molecule is CC(C)CC(=O)Nc1ccc(C(=O)COC(=O)c2cccc(N(C)C)c2)cc1. The van der Waals surface area contributed by atoms with Crippen LogP contribution in [0.3, 0.4) is 0 Å². The molecule has 0 fully saturated rings. The van der Waals surface area contributed by atoms with Gasteiger partial charge in [0.1, 0.15) is 0 Å². The summed E-state index contributed by atoms with van der Waals surface area (Å²) in [4.78, 5) is 38.1. The fraction of sp³-hybridized carbons (Fsp3) is 0.318. The van der Waals surface area contributed by atoms with E-state index in [2.05, 4.69) is 5.32 Å². The third-order valence-electron chi connectivity index (χ3n) is 4.02. The summed E-state index contributed by atoms with van der Waals surface area (Å²) in [6, 6.07) is 13.5. The second-order valence-corrected chi connectivity index (χ2v) is 7.17. The van der Waals surface area contributed by atoms with Gasteiger partial charge in [-0.2, -0.15) is 0 Å². The molecule has 6 heteroatoms. The Bertz CT molecular complexity index is 842. The molecule has 0 saturated heterocycles. The number of esters is 1. The van der Waals surface area contributed by atoms with Crippen LogP contribution in [0, 0.1) is 5.92 Å². The third-order valence-corrected chi connectivity index (χ3v) is 4.02. The largest absolute Gasteiger partial charge is 0.454 e. The number of Topliss-reactive ketones (excluding diaryl/α,β-unsaturated/α-hetero) is 1. The lowest BCUT2D eigenvalue weighted by Gasteiger charge is -2.13. The molecular weight excluding hydrogens is 356 g/mol. The number of nitrogens with one attached hydrogen (secondary N) is 1. The van der Waals surface area contributed by atoms with Gasteiger partial charge in [0.25, 0.3) is 0 Å². The molecule has 2 aromatic rings. The molecular formula is C22H26N2O4. The van der Waals surface area contributed by atoms with Gasteiger partial charge < -0.3 is 15.0 Å². The minimum absolute atomic E-state index is 0.0667. The zero-order chi connectivity index (χ0) is 20.7. The predicted molar refractivity (Wildman–Crippen MR) is 110 cm³/mol. The minimum atomic E-state index is -0.547. The number of anilines is 2. The quantitative estimate of drug-likeness (QED) is 0.555. The second-order valence-electron chi connectivity index (χ2n) is 7.17. The molecule has 0 aromatic heterocycles. The Labute approximate surface area is 165 Å². The van der Waals surface area contributed by atoms with E-state index in [9.17, 15) is 14.4 Å². The molecule has 1 N–H and O–H groups in total. The zero-order valence-electron chi connectivity index (χ0n) is 16.7. The van der Waals surface area contributed by atoms with Crippen LogP contribution in [-0.4, -0.2) is 38.4 Å². The zero-order valence-corrected chi connectivity index (χ0v) is 16.7. The Kier molecular flexibility index (Phi) is 7.32. The number of carbonyl (C=O) groups is 3. The number of carbonyl (C=O) groups excluding carboxylic acids is 3. The summed E-state index contributed by atoms with van der Waals surface area (Å²) in [6.07, 6.45) is 0.436. The molecule has 0 aliphatic carbocycles. The summed E-state index contributed by atoms with van der Waals surface area (Å²) in [7, 11) is 3.76. The van der Waals surface area contributed by atoms with Crippen LogP contribution in [0.25, 0.3) is 0 Å². The Hall–Kier alpha value is -3.15. The first-order valence-electron chi connectivity index (χ1n) is 9.14. The van der Waals surface area contributed by atoms with E-state index >= 15 is 0 Å². The van der Waals surface area contributed by atoms with E-state index < -0.39 is 5.97 Å². The maximum absolute atomic E-state index is 12.3. The van der Waals surface area contributed by atoms with Crippen molar-refractivity contribution in [1.29, 1.82) is 0 Å². The van der Waals surface area contributed by atoms with Gasteiger partial charge in [-0.25, -0.2) is 4.79 Å². The smallest absolute Gasteiger partial charge is 0.338 e. The van der Waals surface area contributed by atoms with E-state index in [4.69, 9.17) is 4.74 Å². The highest BCUT2D eigenvalue weighted by atomic mass is 16.5. The van der Waals surface area contributed by atoms with Crippen LogP contribution in [0.2, 0.25) is 0 Å². The third kappa shape index (κ3) is 6.23. The number of nitrogens with zero attached hydrogens (tertiary/aromatic N) is 1.